The number of hydrogen-bond donors (Lipinski definition) is 1. The van der Waals surface area contributed by atoms with Gasteiger partial charge < -0.3 is 5.21 Å². The quantitative estimate of drug-likeness (QED) is 0.195. The van der Waals surface area contributed by atoms with E-state index in [1.54, 1.807) is 6.92 Å². The zero-order chi connectivity index (χ0) is 33.2. The SMILES string of the molecule is C1CCCC1.CC.CC1(C)CCCC(C)(C)N1O.CC1=CC(=O)C=CC1=O.CC1=CSC(=C2SC=CS2)S1.CC1CCCC1.[Fe]. The summed E-state index contributed by atoms with van der Waals surface area (Å²) in [5.74, 6) is 0.867. The Kier molecular flexibility index (Phi) is 24.0. The Balaban J connectivity index is 0.000000541. The standard InChI is InChI=1S/C9H19NO.C7H6O2.C7H6S4.C6H12.C5H10.C2H6.Fe/c1-8(2)6-5-7-9(3,4)10(8)11;1-5-4-6(8)2-3-7(5)9;1-5-4-10-7(11-5)6-8-2-3-9-6;1-6-4-2-3-5-6;1-2-4-5-3-1;1-2;/h11H,5-7H2,1-4H3;2-4H,1H3;2-4H,1H3;6H,2-5H2,1H3;1-5H2;1-2H3;. The molecule has 0 amide bonds. The van der Waals surface area contributed by atoms with Crippen LogP contribution in [-0.4, -0.2) is 32.9 Å². The molecule has 1 saturated heterocycles. The number of hydrogen-bond acceptors (Lipinski definition) is 8. The van der Waals surface area contributed by atoms with Crippen LogP contribution >= 0.6 is 47.0 Å². The minimum absolute atomic E-state index is 0. The van der Waals surface area contributed by atoms with E-state index in [1.807, 2.05) is 60.9 Å². The number of hydroxylamine groups is 2. The molecule has 1 N–H and O–H groups in total. The normalized spacial score (nSPS) is 22.9. The summed E-state index contributed by atoms with van der Waals surface area (Å²) in [5.41, 5.74) is 0.436. The monoisotopic (exact) mass is 737 g/mol. The number of piperidine rings is 1. The van der Waals surface area contributed by atoms with Crippen LogP contribution in [0, 0.1) is 5.92 Å². The van der Waals surface area contributed by atoms with Gasteiger partial charge in [-0.15, -0.1) is 0 Å². The summed E-state index contributed by atoms with van der Waals surface area (Å²) in [5, 5.41) is 17.8. The number of allylic oxidation sites excluding steroid dienone is 5. The minimum Gasteiger partial charge on any atom is -0.313 e. The zero-order valence-corrected chi connectivity index (χ0v) is 33.6. The van der Waals surface area contributed by atoms with Gasteiger partial charge in [-0.25, -0.2) is 0 Å². The Morgan fingerprint density at radius 2 is 1.24 bits per heavy atom. The number of thioether (sulfide) groups is 4. The summed E-state index contributed by atoms with van der Waals surface area (Å²) in [6, 6.07) is 0. The second-order valence-corrected chi connectivity index (χ2v) is 17.4. The topological polar surface area (TPSA) is 57.6 Å². The van der Waals surface area contributed by atoms with Crippen LogP contribution in [0.15, 0.2) is 53.4 Å². The van der Waals surface area contributed by atoms with Crippen molar-refractivity contribution in [2.45, 2.75) is 150 Å². The molecule has 0 radical (unpaired) electrons. The third kappa shape index (κ3) is 18.3. The van der Waals surface area contributed by atoms with E-state index in [0.717, 1.165) is 18.8 Å². The van der Waals surface area contributed by atoms with Crippen LogP contribution in [0.4, 0.5) is 0 Å². The van der Waals surface area contributed by atoms with Crippen molar-refractivity contribution < 1.29 is 31.9 Å². The van der Waals surface area contributed by atoms with Crippen molar-refractivity contribution in [3.63, 3.8) is 0 Å². The summed E-state index contributed by atoms with van der Waals surface area (Å²) in [7, 11) is 0. The van der Waals surface area contributed by atoms with Crippen LogP contribution in [0.5, 0.6) is 0 Å². The van der Waals surface area contributed by atoms with Crippen molar-refractivity contribution in [3.05, 3.63) is 53.4 Å². The molecule has 4 nitrogen and oxygen atoms in total. The molecule has 0 spiro atoms. The molecule has 3 aliphatic carbocycles. The number of carbonyl (C=O) groups excluding carboxylic acids is 2. The minimum atomic E-state index is -0.105. The number of carbonyl (C=O) groups is 2. The molecule has 3 aliphatic heterocycles. The molecular formula is C36H59FeNO3S4. The van der Waals surface area contributed by atoms with Gasteiger partial charge in [-0.2, -0.15) is 5.06 Å². The van der Waals surface area contributed by atoms with E-state index in [9.17, 15) is 14.8 Å². The summed E-state index contributed by atoms with van der Waals surface area (Å²) in [6.45, 7) is 18.5. The average Bonchev–Trinajstić information content (AvgIpc) is 3.81. The van der Waals surface area contributed by atoms with Gasteiger partial charge in [0, 0.05) is 33.7 Å². The summed E-state index contributed by atoms with van der Waals surface area (Å²) in [6.07, 6.45) is 20.7. The van der Waals surface area contributed by atoms with Gasteiger partial charge in [0.05, 0.1) is 8.47 Å². The molecule has 6 rings (SSSR count). The van der Waals surface area contributed by atoms with Crippen molar-refractivity contribution in [2.24, 2.45) is 5.92 Å². The Morgan fingerprint density at radius 1 is 0.756 bits per heavy atom. The van der Waals surface area contributed by atoms with E-state index < -0.39 is 0 Å². The van der Waals surface area contributed by atoms with Gasteiger partial charge in [0.2, 0.25) is 0 Å². The van der Waals surface area contributed by atoms with Crippen LogP contribution in [0.2, 0.25) is 0 Å². The van der Waals surface area contributed by atoms with E-state index >= 15 is 0 Å². The van der Waals surface area contributed by atoms with Gasteiger partial charge >= 0.3 is 0 Å². The molecule has 9 heteroatoms. The van der Waals surface area contributed by atoms with Crippen molar-refractivity contribution in [1.29, 1.82) is 0 Å². The average molecular weight is 738 g/mol. The first kappa shape index (κ1) is 44.9. The fraction of sp³-hybridized carbons (Fsp3) is 0.667. The fourth-order valence-corrected chi connectivity index (χ4v) is 9.71. The first-order chi connectivity index (χ1) is 20.8. The van der Waals surface area contributed by atoms with Crippen molar-refractivity contribution in [2.75, 3.05) is 0 Å². The first-order valence-corrected chi connectivity index (χ1v) is 19.9. The zero-order valence-electron chi connectivity index (χ0n) is 29.2. The van der Waals surface area contributed by atoms with E-state index in [4.69, 9.17) is 0 Å². The van der Waals surface area contributed by atoms with Crippen LogP contribution < -0.4 is 0 Å². The second-order valence-electron chi connectivity index (χ2n) is 12.9. The Morgan fingerprint density at radius 3 is 1.58 bits per heavy atom. The van der Waals surface area contributed by atoms with Crippen LogP contribution in [0.1, 0.15) is 139 Å². The summed E-state index contributed by atoms with van der Waals surface area (Å²) >= 11 is 7.39. The van der Waals surface area contributed by atoms with Gasteiger partial charge in [0.25, 0.3) is 0 Å². The molecule has 0 bridgehead atoms. The maximum Gasteiger partial charge on any atom is 0.181 e. The third-order valence-electron chi connectivity index (χ3n) is 7.92. The van der Waals surface area contributed by atoms with Gasteiger partial charge in [-0.1, -0.05) is 126 Å². The van der Waals surface area contributed by atoms with E-state index in [-0.39, 0.29) is 39.7 Å². The van der Waals surface area contributed by atoms with Crippen molar-refractivity contribution in [1.82, 2.24) is 5.06 Å². The molecule has 3 fully saturated rings. The molecule has 0 aromatic rings. The molecule has 3 heterocycles. The molecule has 45 heavy (non-hydrogen) atoms. The second kappa shape index (κ2) is 24.1. The van der Waals surface area contributed by atoms with Crippen LogP contribution in [0.25, 0.3) is 0 Å². The van der Waals surface area contributed by atoms with Gasteiger partial charge in [0.1, 0.15) is 0 Å². The Bertz CT molecular complexity index is 1020. The predicted molar refractivity (Wildman–Crippen MR) is 201 cm³/mol. The van der Waals surface area contributed by atoms with Gasteiger partial charge in [-0.3, -0.25) is 9.59 Å². The largest absolute Gasteiger partial charge is 0.313 e. The Hall–Kier alpha value is -0.121. The molecule has 2 saturated carbocycles. The predicted octanol–water partition coefficient (Wildman–Crippen LogP) is 12.6. The number of nitrogens with zero attached hydrogens (tertiary/aromatic N) is 1. The number of rotatable bonds is 0. The van der Waals surface area contributed by atoms with Gasteiger partial charge in [-0.05, 0) is 106 Å². The fourth-order valence-electron chi connectivity index (χ4n) is 5.34. The molecule has 0 aromatic carbocycles. The van der Waals surface area contributed by atoms with E-state index in [1.165, 1.54) is 101 Å². The molecular weight excluding hydrogens is 679 g/mol. The summed E-state index contributed by atoms with van der Waals surface area (Å²) < 4.78 is 2.88. The Labute approximate surface area is 303 Å². The molecule has 6 aliphatic rings. The smallest absolute Gasteiger partial charge is 0.181 e. The maximum atomic E-state index is 10.6. The third-order valence-corrected chi connectivity index (χ3v) is 13.0. The maximum absolute atomic E-state index is 10.6. The van der Waals surface area contributed by atoms with Crippen molar-refractivity contribution in [3.8, 4) is 0 Å². The summed E-state index contributed by atoms with van der Waals surface area (Å²) in [4.78, 5) is 22.5. The van der Waals surface area contributed by atoms with Crippen molar-refractivity contribution >= 4 is 58.6 Å². The molecule has 0 aromatic heterocycles. The van der Waals surface area contributed by atoms with Gasteiger partial charge in [0.15, 0.2) is 11.6 Å². The molecule has 0 unspecified atom stereocenters. The van der Waals surface area contributed by atoms with Crippen LogP contribution in [-0.2, 0) is 26.7 Å². The first-order valence-electron chi connectivity index (χ1n) is 16.5. The number of ketones is 2. The molecule has 258 valence electrons. The van der Waals surface area contributed by atoms with Crippen LogP contribution in [0.3, 0.4) is 0 Å². The van der Waals surface area contributed by atoms with E-state index in [2.05, 4.69) is 57.8 Å². The molecule has 0 atom stereocenters. The van der Waals surface area contributed by atoms with E-state index in [0.29, 0.717) is 5.57 Å².